The molecule has 0 saturated heterocycles. The molecular formula is C27H26N2O6. The average Bonchev–Trinajstić information content (AvgIpc) is 3.41. The van der Waals surface area contributed by atoms with E-state index in [-0.39, 0.29) is 36.4 Å². The summed E-state index contributed by atoms with van der Waals surface area (Å²) >= 11 is 0. The minimum Gasteiger partial charge on any atom is -0.481 e. The van der Waals surface area contributed by atoms with Crippen molar-refractivity contribution in [3.05, 3.63) is 77.7 Å². The lowest BCUT2D eigenvalue weighted by Gasteiger charge is -2.31. The number of aliphatic carboxylic acids is 1. The SMILES string of the molecule is O=C(Nc1ccoc1C(=O)NCC(C(=O)O)C1CCC1)OCC1c2ccccc2-c2ccccc21. The number of carboxylic acid groups (broad SMARTS) is 1. The fourth-order valence-electron chi connectivity index (χ4n) is 4.91. The summed E-state index contributed by atoms with van der Waals surface area (Å²) in [5.74, 6) is -2.26. The summed E-state index contributed by atoms with van der Waals surface area (Å²) in [6.07, 6.45) is 3.29. The molecule has 1 fully saturated rings. The minimum atomic E-state index is -0.925. The molecule has 1 aromatic heterocycles. The van der Waals surface area contributed by atoms with E-state index in [0.29, 0.717) is 0 Å². The molecule has 0 spiro atoms. The molecule has 0 bridgehead atoms. The number of carbonyl (C=O) groups is 3. The van der Waals surface area contributed by atoms with Gasteiger partial charge in [-0.05, 0) is 41.0 Å². The Bertz CT molecular complexity index is 1220. The number of furan rings is 1. The molecule has 35 heavy (non-hydrogen) atoms. The molecule has 1 atom stereocenters. The first-order valence-corrected chi connectivity index (χ1v) is 11.7. The number of anilines is 1. The summed E-state index contributed by atoms with van der Waals surface area (Å²) in [7, 11) is 0. The molecule has 2 amide bonds. The number of rotatable bonds is 8. The van der Waals surface area contributed by atoms with Crippen LogP contribution in [0.1, 0.15) is 46.9 Å². The van der Waals surface area contributed by atoms with Crippen LogP contribution in [0, 0.1) is 11.8 Å². The van der Waals surface area contributed by atoms with Crippen LogP contribution < -0.4 is 10.6 Å². The topological polar surface area (TPSA) is 118 Å². The molecule has 2 aliphatic rings. The lowest BCUT2D eigenvalue weighted by Crippen LogP contribution is -2.39. The van der Waals surface area contributed by atoms with Crippen molar-refractivity contribution in [1.29, 1.82) is 0 Å². The van der Waals surface area contributed by atoms with Gasteiger partial charge in [0.25, 0.3) is 5.91 Å². The van der Waals surface area contributed by atoms with E-state index in [0.717, 1.165) is 41.5 Å². The molecule has 1 heterocycles. The zero-order valence-corrected chi connectivity index (χ0v) is 19.0. The first-order chi connectivity index (χ1) is 17.0. The van der Waals surface area contributed by atoms with Gasteiger partial charge in [-0.3, -0.25) is 14.9 Å². The normalized spacial score (nSPS) is 15.4. The van der Waals surface area contributed by atoms with E-state index in [1.54, 1.807) is 0 Å². The van der Waals surface area contributed by atoms with Crippen LogP contribution >= 0.6 is 0 Å². The number of carboxylic acids is 1. The molecular weight excluding hydrogens is 448 g/mol. The standard InChI is InChI=1S/C27H26N2O6/c30-25(28-14-21(26(31)32)16-6-5-7-16)24-23(12-13-34-24)29-27(33)35-15-22-19-10-3-1-8-17(19)18-9-2-4-11-20(18)22/h1-4,8-13,16,21-22H,5-7,14-15H2,(H,28,30)(H,29,33)(H,31,32). The maximum Gasteiger partial charge on any atom is 0.411 e. The van der Waals surface area contributed by atoms with Gasteiger partial charge < -0.3 is 19.6 Å². The number of carbonyl (C=O) groups excluding carboxylic acids is 2. The Labute approximate surface area is 202 Å². The summed E-state index contributed by atoms with van der Waals surface area (Å²) in [5.41, 5.74) is 4.63. The molecule has 0 aliphatic heterocycles. The van der Waals surface area contributed by atoms with E-state index in [2.05, 4.69) is 22.8 Å². The van der Waals surface area contributed by atoms with Crippen LogP contribution in [-0.2, 0) is 9.53 Å². The number of nitrogens with one attached hydrogen (secondary N) is 2. The fourth-order valence-corrected chi connectivity index (χ4v) is 4.91. The van der Waals surface area contributed by atoms with Crippen LogP contribution in [0.25, 0.3) is 11.1 Å². The summed E-state index contributed by atoms with van der Waals surface area (Å²) in [5, 5.41) is 14.6. The summed E-state index contributed by atoms with van der Waals surface area (Å²) in [6, 6.07) is 17.6. The molecule has 3 aromatic rings. The van der Waals surface area contributed by atoms with E-state index in [1.165, 1.54) is 12.3 Å². The highest BCUT2D eigenvalue weighted by atomic mass is 16.5. The summed E-state index contributed by atoms with van der Waals surface area (Å²) in [6.45, 7) is 0.144. The second-order valence-corrected chi connectivity index (χ2v) is 8.96. The van der Waals surface area contributed by atoms with Crippen molar-refractivity contribution in [2.45, 2.75) is 25.2 Å². The van der Waals surface area contributed by atoms with Crippen molar-refractivity contribution in [1.82, 2.24) is 5.32 Å². The zero-order chi connectivity index (χ0) is 24.4. The number of fused-ring (bicyclic) bond motifs is 3. The van der Waals surface area contributed by atoms with Gasteiger partial charge in [0.15, 0.2) is 0 Å². The van der Waals surface area contributed by atoms with Crippen molar-refractivity contribution in [3.63, 3.8) is 0 Å². The lowest BCUT2D eigenvalue weighted by atomic mass is 9.76. The van der Waals surface area contributed by atoms with Crippen LogP contribution in [-0.4, -0.2) is 36.2 Å². The van der Waals surface area contributed by atoms with Crippen molar-refractivity contribution >= 4 is 23.7 Å². The number of hydrogen-bond acceptors (Lipinski definition) is 5. The highest BCUT2D eigenvalue weighted by Crippen LogP contribution is 2.44. The number of ether oxygens (including phenoxy) is 1. The Hall–Kier alpha value is -4.07. The van der Waals surface area contributed by atoms with Gasteiger partial charge in [-0.1, -0.05) is 55.0 Å². The fraction of sp³-hybridized carbons (Fsp3) is 0.296. The number of benzene rings is 2. The Morgan fingerprint density at radius 2 is 1.66 bits per heavy atom. The number of hydrogen-bond donors (Lipinski definition) is 3. The Kier molecular flexibility index (Phi) is 6.27. The Balaban J connectivity index is 1.20. The predicted octanol–water partition coefficient (Wildman–Crippen LogP) is 4.87. The molecule has 180 valence electrons. The quantitative estimate of drug-likeness (QED) is 0.429. The average molecular weight is 475 g/mol. The van der Waals surface area contributed by atoms with Crippen molar-refractivity contribution in [3.8, 4) is 11.1 Å². The van der Waals surface area contributed by atoms with Crippen molar-refractivity contribution in [2.24, 2.45) is 11.8 Å². The van der Waals surface area contributed by atoms with Crippen LogP contribution in [0.5, 0.6) is 0 Å². The lowest BCUT2D eigenvalue weighted by molar-refractivity contribution is -0.144. The molecule has 2 aromatic carbocycles. The maximum atomic E-state index is 12.6. The van der Waals surface area contributed by atoms with Crippen LogP contribution in [0.2, 0.25) is 0 Å². The Morgan fingerprint density at radius 1 is 1.00 bits per heavy atom. The third-order valence-corrected chi connectivity index (χ3v) is 6.97. The molecule has 1 saturated carbocycles. The predicted molar refractivity (Wildman–Crippen MR) is 128 cm³/mol. The van der Waals surface area contributed by atoms with E-state index in [4.69, 9.17) is 9.15 Å². The van der Waals surface area contributed by atoms with Crippen LogP contribution in [0.15, 0.2) is 65.3 Å². The molecule has 8 heteroatoms. The van der Waals surface area contributed by atoms with Gasteiger partial charge in [0.1, 0.15) is 6.61 Å². The van der Waals surface area contributed by atoms with Gasteiger partial charge >= 0.3 is 12.1 Å². The Morgan fingerprint density at radius 3 is 2.26 bits per heavy atom. The second-order valence-electron chi connectivity index (χ2n) is 8.96. The molecule has 2 aliphatic carbocycles. The summed E-state index contributed by atoms with van der Waals surface area (Å²) < 4.78 is 10.8. The largest absolute Gasteiger partial charge is 0.481 e. The van der Waals surface area contributed by atoms with Gasteiger partial charge in [0.05, 0.1) is 17.9 Å². The first-order valence-electron chi connectivity index (χ1n) is 11.7. The van der Waals surface area contributed by atoms with Gasteiger partial charge in [-0.15, -0.1) is 0 Å². The first kappa shape index (κ1) is 22.7. The van der Waals surface area contributed by atoms with Gasteiger partial charge in [-0.25, -0.2) is 4.79 Å². The molecule has 5 rings (SSSR count). The zero-order valence-electron chi connectivity index (χ0n) is 19.0. The van der Waals surface area contributed by atoms with Crippen molar-refractivity contribution < 1.29 is 28.6 Å². The van der Waals surface area contributed by atoms with E-state index in [1.807, 2.05) is 36.4 Å². The molecule has 0 radical (unpaired) electrons. The monoisotopic (exact) mass is 474 g/mol. The van der Waals surface area contributed by atoms with E-state index < -0.39 is 23.9 Å². The van der Waals surface area contributed by atoms with E-state index >= 15 is 0 Å². The van der Waals surface area contributed by atoms with E-state index in [9.17, 15) is 19.5 Å². The van der Waals surface area contributed by atoms with Gasteiger partial charge in [0.2, 0.25) is 5.76 Å². The number of amides is 2. The van der Waals surface area contributed by atoms with Crippen molar-refractivity contribution in [2.75, 3.05) is 18.5 Å². The van der Waals surface area contributed by atoms with Gasteiger partial charge in [-0.2, -0.15) is 0 Å². The molecule has 3 N–H and O–H groups in total. The van der Waals surface area contributed by atoms with Crippen LogP contribution in [0.3, 0.4) is 0 Å². The maximum absolute atomic E-state index is 12.6. The molecule has 1 unspecified atom stereocenters. The molecule has 8 nitrogen and oxygen atoms in total. The highest BCUT2D eigenvalue weighted by molar-refractivity contribution is 6.00. The third-order valence-electron chi connectivity index (χ3n) is 6.97. The second kappa shape index (κ2) is 9.66. The third kappa shape index (κ3) is 4.51. The van der Waals surface area contributed by atoms with Gasteiger partial charge in [0, 0.05) is 18.5 Å². The highest BCUT2D eigenvalue weighted by Gasteiger charge is 2.33. The minimum absolute atomic E-state index is 0.00389. The smallest absolute Gasteiger partial charge is 0.411 e. The van der Waals surface area contributed by atoms with Crippen LogP contribution in [0.4, 0.5) is 10.5 Å². The summed E-state index contributed by atoms with van der Waals surface area (Å²) in [4.78, 5) is 36.7.